The Labute approximate surface area is 141 Å². The van der Waals surface area contributed by atoms with E-state index in [4.69, 9.17) is 10.2 Å². The number of rotatable bonds is 3. The lowest BCUT2D eigenvalue weighted by molar-refractivity contribution is 0.0697. The third-order valence-electron chi connectivity index (χ3n) is 5.13. The van der Waals surface area contributed by atoms with Gasteiger partial charge in [-0.2, -0.15) is 5.10 Å². The fourth-order valence-electron chi connectivity index (χ4n) is 3.82. The number of carboxylic acid groups (broad SMARTS) is 1. The number of nitrogens with one attached hydrogen (secondary N) is 1. The van der Waals surface area contributed by atoms with Crippen molar-refractivity contribution in [2.24, 2.45) is 0 Å². The lowest BCUT2D eigenvalue weighted by atomic mass is 9.97. The molecule has 1 fully saturated rings. The fraction of sp³-hybridized carbons (Fsp3) is 0.444. The minimum atomic E-state index is -0.908. The van der Waals surface area contributed by atoms with Crippen LogP contribution in [0, 0.1) is 0 Å². The molecular formula is C18H22N4O2. The van der Waals surface area contributed by atoms with Gasteiger partial charge in [0.1, 0.15) is 5.82 Å². The van der Waals surface area contributed by atoms with Gasteiger partial charge in [-0.15, -0.1) is 0 Å². The summed E-state index contributed by atoms with van der Waals surface area (Å²) in [5.74, 6) is 0.155. The van der Waals surface area contributed by atoms with Crippen LogP contribution in [0.15, 0.2) is 24.3 Å². The molecule has 24 heavy (non-hydrogen) atoms. The van der Waals surface area contributed by atoms with Gasteiger partial charge in [-0.25, -0.2) is 9.48 Å². The second-order valence-electron chi connectivity index (χ2n) is 6.65. The van der Waals surface area contributed by atoms with Crippen molar-refractivity contribution in [2.45, 2.75) is 31.7 Å². The Bertz CT molecular complexity index is 766. The lowest BCUT2D eigenvalue weighted by Crippen LogP contribution is -2.30. The first-order valence-electron chi connectivity index (χ1n) is 8.55. The molecule has 6 nitrogen and oxygen atoms in total. The van der Waals surface area contributed by atoms with Gasteiger partial charge in [-0.3, -0.25) is 4.90 Å². The second kappa shape index (κ2) is 5.94. The summed E-state index contributed by atoms with van der Waals surface area (Å²) in [5.41, 5.74) is 3.69. The number of aromatic nitrogens is 2. The number of hydrogen-bond acceptors (Lipinski definition) is 4. The molecule has 2 aromatic rings. The summed E-state index contributed by atoms with van der Waals surface area (Å²) in [6, 6.07) is 7.29. The van der Waals surface area contributed by atoms with E-state index in [1.807, 2.05) is 16.8 Å². The van der Waals surface area contributed by atoms with Gasteiger partial charge in [0.05, 0.1) is 23.0 Å². The highest BCUT2D eigenvalue weighted by Crippen LogP contribution is 2.37. The quantitative estimate of drug-likeness (QED) is 0.907. The Morgan fingerprint density at radius 2 is 2.08 bits per heavy atom. The van der Waals surface area contributed by atoms with E-state index >= 15 is 0 Å². The highest BCUT2D eigenvalue weighted by Gasteiger charge is 2.31. The van der Waals surface area contributed by atoms with E-state index in [1.54, 1.807) is 12.1 Å². The summed E-state index contributed by atoms with van der Waals surface area (Å²) in [5, 5.41) is 17.4. The first kappa shape index (κ1) is 15.2. The number of fused-ring (bicyclic) bond motifs is 1. The first-order chi connectivity index (χ1) is 11.6. The number of nitrogens with zero attached hydrogens (tertiary/aromatic N) is 3. The maximum Gasteiger partial charge on any atom is 0.335 e. The Kier molecular flexibility index (Phi) is 3.76. The van der Waals surface area contributed by atoms with Crippen LogP contribution in [0.2, 0.25) is 0 Å². The molecule has 2 aliphatic rings. The van der Waals surface area contributed by atoms with E-state index in [-0.39, 0.29) is 0 Å². The molecule has 0 amide bonds. The molecule has 126 valence electrons. The molecule has 2 N–H and O–H groups in total. The monoisotopic (exact) mass is 326 g/mol. The zero-order valence-electron chi connectivity index (χ0n) is 13.8. The number of piperidine rings is 1. The average molecular weight is 326 g/mol. The van der Waals surface area contributed by atoms with Crippen molar-refractivity contribution in [2.75, 3.05) is 25.5 Å². The highest BCUT2D eigenvalue weighted by atomic mass is 16.4. The topological polar surface area (TPSA) is 70.4 Å². The SMILES string of the molecule is CN1CCCCC1c1nn(-c2ccc(C(=O)O)cc2)c2c1CCN2. The van der Waals surface area contributed by atoms with E-state index in [0.29, 0.717) is 11.6 Å². The molecule has 2 aliphatic heterocycles. The van der Waals surface area contributed by atoms with Gasteiger partial charge < -0.3 is 10.4 Å². The van der Waals surface area contributed by atoms with Crippen LogP contribution < -0.4 is 5.32 Å². The van der Waals surface area contributed by atoms with Gasteiger partial charge >= 0.3 is 5.97 Å². The van der Waals surface area contributed by atoms with E-state index in [1.165, 1.54) is 24.1 Å². The van der Waals surface area contributed by atoms with E-state index in [9.17, 15) is 4.79 Å². The molecular weight excluding hydrogens is 304 g/mol. The van der Waals surface area contributed by atoms with Crippen molar-refractivity contribution < 1.29 is 9.90 Å². The van der Waals surface area contributed by atoms with E-state index < -0.39 is 5.97 Å². The minimum absolute atomic E-state index is 0.294. The van der Waals surface area contributed by atoms with Crippen LogP contribution in [-0.2, 0) is 6.42 Å². The van der Waals surface area contributed by atoms with Gasteiger partial charge in [0, 0.05) is 12.1 Å². The number of anilines is 1. The summed E-state index contributed by atoms with van der Waals surface area (Å²) in [7, 11) is 2.18. The maximum atomic E-state index is 11.0. The van der Waals surface area contributed by atoms with Gasteiger partial charge in [-0.05, 0) is 57.1 Å². The zero-order chi connectivity index (χ0) is 16.7. The molecule has 0 aliphatic carbocycles. The standard InChI is InChI=1S/C18H22N4O2/c1-21-11-3-2-4-15(21)16-14-9-10-19-17(14)22(20-16)13-7-5-12(6-8-13)18(23)24/h5-8,15,19H,2-4,9-11H2,1H3,(H,23,24). The summed E-state index contributed by atoms with van der Waals surface area (Å²) < 4.78 is 1.94. The van der Waals surface area contributed by atoms with E-state index in [2.05, 4.69) is 17.3 Å². The number of carbonyl (C=O) groups is 1. The first-order valence-corrected chi connectivity index (χ1v) is 8.55. The van der Waals surface area contributed by atoms with Crippen LogP contribution >= 0.6 is 0 Å². The number of aromatic carboxylic acids is 1. The molecule has 3 heterocycles. The molecule has 1 aromatic heterocycles. The summed E-state index contributed by atoms with van der Waals surface area (Å²) in [6.45, 7) is 2.05. The Morgan fingerprint density at radius 1 is 1.29 bits per heavy atom. The van der Waals surface area contributed by atoms with Crippen LogP contribution in [0.4, 0.5) is 5.82 Å². The number of likely N-dealkylation sites (tertiary alicyclic amines) is 1. The van der Waals surface area contributed by atoms with Gasteiger partial charge in [0.2, 0.25) is 0 Å². The van der Waals surface area contributed by atoms with Gasteiger partial charge in [-0.1, -0.05) is 6.42 Å². The maximum absolute atomic E-state index is 11.0. The molecule has 1 atom stereocenters. The smallest absolute Gasteiger partial charge is 0.335 e. The molecule has 0 spiro atoms. The Morgan fingerprint density at radius 3 is 2.79 bits per heavy atom. The van der Waals surface area contributed by atoms with Crippen LogP contribution in [0.3, 0.4) is 0 Å². The van der Waals surface area contributed by atoms with Crippen molar-refractivity contribution in [3.8, 4) is 5.69 Å². The number of hydrogen-bond donors (Lipinski definition) is 2. The largest absolute Gasteiger partial charge is 0.478 e. The van der Waals surface area contributed by atoms with Gasteiger partial charge in [0.15, 0.2) is 0 Å². The van der Waals surface area contributed by atoms with Crippen molar-refractivity contribution in [3.05, 3.63) is 41.1 Å². The molecule has 6 heteroatoms. The molecule has 4 rings (SSSR count). The van der Waals surface area contributed by atoms with Crippen molar-refractivity contribution in [1.82, 2.24) is 14.7 Å². The fourth-order valence-corrected chi connectivity index (χ4v) is 3.82. The van der Waals surface area contributed by atoms with E-state index in [0.717, 1.165) is 37.4 Å². The lowest BCUT2D eigenvalue weighted by Gasteiger charge is -2.31. The van der Waals surface area contributed by atoms with Crippen molar-refractivity contribution in [1.29, 1.82) is 0 Å². The average Bonchev–Trinajstić information content (AvgIpc) is 3.18. The van der Waals surface area contributed by atoms with Crippen LogP contribution in [0.5, 0.6) is 0 Å². The van der Waals surface area contributed by atoms with Crippen LogP contribution in [0.1, 0.15) is 46.9 Å². The number of carboxylic acids is 1. The Balaban J connectivity index is 1.74. The molecule has 0 radical (unpaired) electrons. The molecule has 1 unspecified atom stereocenters. The normalized spacial score (nSPS) is 20.6. The van der Waals surface area contributed by atoms with Crippen LogP contribution in [-0.4, -0.2) is 45.9 Å². The summed E-state index contributed by atoms with van der Waals surface area (Å²) >= 11 is 0. The van der Waals surface area contributed by atoms with Crippen molar-refractivity contribution >= 4 is 11.8 Å². The number of benzene rings is 1. The predicted octanol–water partition coefficient (Wildman–Crippen LogP) is 2.70. The zero-order valence-corrected chi connectivity index (χ0v) is 13.8. The molecule has 0 bridgehead atoms. The highest BCUT2D eigenvalue weighted by molar-refractivity contribution is 5.87. The predicted molar refractivity (Wildman–Crippen MR) is 91.9 cm³/mol. The van der Waals surface area contributed by atoms with Gasteiger partial charge in [0.25, 0.3) is 0 Å². The third kappa shape index (κ3) is 2.47. The van der Waals surface area contributed by atoms with Crippen molar-refractivity contribution in [3.63, 3.8) is 0 Å². The minimum Gasteiger partial charge on any atom is -0.478 e. The second-order valence-corrected chi connectivity index (χ2v) is 6.65. The van der Waals surface area contributed by atoms with Crippen LogP contribution in [0.25, 0.3) is 5.69 Å². The molecule has 0 saturated carbocycles. The third-order valence-corrected chi connectivity index (χ3v) is 5.13. The Hall–Kier alpha value is -2.34. The summed E-state index contributed by atoms with van der Waals surface area (Å²) in [6.07, 6.45) is 4.66. The summed E-state index contributed by atoms with van der Waals surface area (Å²) in [4.78, 5) is 13.4. The molecule has 1 saturated heterocycles. The molecule has 1 aromatic carbocycles.